The minimum Gasteiger partial charge on any atom is -0.504 e. The number of carbonyl (C=O) groups excluding carboxylic acids is 1. The van der Waals surface area contributed by atoms with Crippen LogP contribution >= 0.6 is 23.2 Å². The van der Waals surface area contributed by atoms with E-state index in [2.05, 4.69) is 16.9 Å². The Kier molecular flexibility index (Phi) is 8.62. The Labute approximate surface area is 266 Å². The Morgan fingerprint density at radius 2 is 1.87 bits per heavy atom. The number of aromatic nitrogens is 2. The van der Waals surface area contributed by atoms with Crippen LogP contribution in [0.2, 0.25) is 10.0 Å². The van der Waals surface area contributed by atoms with Crippen molar-refractivity contribution in [2.24, 2.45) is 5.92 Å². The largest absolute Gasteiger partial charge is 0.504 e. The van der Waals surface area contributed by atoms with E-state index in [-0.39, 0.29) is 65.3 Å². The number of fused-ring (bicyclic) bond motifs is 1. The molecule has 1 amide bonds. The number of aromatic hydroxyl groups is 1. The van der Waals surface area contributed by atoms with Crippen LogP contribution in [0.4, 0.5) is 18.9 Å². The first-order chi connectivity index (χ1) is 21.3. The topological polar surface area (TPSA) is 114 Å². The Morgan fingerprint density at radius 3 is 2.47 bits per heavy atom. The summed E-state index contributed by atoms with van der Waals surface area (Å²) >= 11 is 12.1. The summed E-state index contributed by atoms with van der Waals surface area (Å²) in [6.45, 7) is 10.1. The van der Waals surface area contributed by atoms with Gasteiger partial charge < -0.3 is 20.2 Å². The zero-order chi connectivity index (χ0) is 32.9. The minimum atomic E-state index is -1.76. The number of phenols is 1. The van der Waals surface area contributed by atoms with E-state index in [4.69, 9.17) is 23.2 Å². The number of rotatable bonds is 5. The third-order valence-corrected chi connectivity index (χ3v) is 8.58. The fourth-order valence-electron chi connectivity index (χ4n) is 5.72. The lowest BCUT2D eigenvalue weighted by molar-refractivity contribution is -0.126. The number of hydrogen-bond donors (Lipinski definition) is 2. The molecule has 0 bridgehead atoms. The zero-order valence-corrected chi connectivity index (χ0v) is 25.9. The SMILES string of the molecule is C=CC(=O)N1CCN(c2c(C#N)c(=O)n(C3=C(C)C=CN[C@@H]3C(C)C)c3nc(-c4c(O)c(F)c(Cl)c(F)c4F)c(Cl)cc23)CC1. The van der Waals surface area contributed by atoms with Crippen molar-refractivity contribution in [1.29, 1.82) is 5.26 Å². The van der Waals surface area contributed by atoms with E-state index in [1.807, 2.05) is 19.9 Å². The van der Waals surface area contributed by atoms with Gasteiger partial charge in [0.1, 0.15) is 22.3 Å². The number of nitrogens with one attached hydrogen (secondary N) is 1. The summed E-state index contributed by atoms with van der Waals surface area (Å²) in [4.78, 5) is 34.3. The maximum atomic E-state index is 15.3. The maximum absolute atomic E-state index is 15.3. The molecule has 0 saturated carbocycles. The molecule has 0 radical (unpaired) electrons. The summed E-state index contributed by atoms with van der Waals surface area (Å²) in [5, 5.41) is 22.7. The third-order valence-electron chi connectivity index (χ3n) is 7.96. The number of dihydropyridines is 1. The predicted molar refractivity (Wildman–Crippen MR) is 166 cm³/mol. The molecule has 14 heteroatoms. The van der Waals surface area contributed by atoms with Gasteiger partial charge in [0, 0.05) is 31.6 Å². The Balaban J connectivity index is 1.90. The van der Waals surface area contributed by atoms with Crippen LogP contribution in [0.1, 0.15) is 26.3 Å². The second-order valence-electron chi connectivity index (χ2n) is 11.0. The lowest BCUT2D eigenvalue weighted by atomic mass is 9.94. The number of benzene rings is 1. The van der Waals surface area contributed by atoms with Crippen molar-refractivity contribution in [3.63, 3.8) is 0 Å². The second-order valence-corrected chi connectivity index (χ2v) is 11.7. The number of allylic oxidation sites excluding steroid dienone is 2. The van der Waals surface area contributed by atoms with E-state index in [0.717, 1.165) is 0 Å². The lowest BCUT2D eigenvalue weighted by Gasteiger charge is -2.37. The van der Waals surface area contributed by atoms with Crippen molar-refractivity contribution in [2.45, 2.75) is 26.8 Å². The summed E-state index contributed by atoms with van der Waals surface area (Å²) in [6, 6.07) is 2.89. The first-order valence-corrected chi connectivity index (χ1v) is 14.6. The Morgan fingerprint density at radius 1 is 1.20 bits per heavy atom. The van der Waals surface area contributed by atoms with E-state index in [9.17, 15) is 28.7 Å². The van der Waals surface area contributed by atoms with Crippen LogP contribution < -0.4 is 15.8 Å². The number of hydrogen-bond acceptors (Lipinski definition) is 7. The van der Waals surface area contributed by atoms with Gasteiger partial charge in [-0.2, -0.15) is 5.26 Å². The fraction of sp³-hybridized carbons (Fsp3) is 0.290. The molecule has 5 rings (SSSR count). The maximum Gasteiger partial charge on any atom is 0.276 e. The number of nitrogens with zero attached hydrogens (tertiary/aromatic N) is 5. The summed E-state index contributed by atoms with van der Waals surface area (Å²) in [5.41, 5.74) is -1.37. The van der Waals surface area contributed by atoms with Crippen LogP contribution in [0.15, 0.2) is 41.4 Å². The van der Waals surface area contributed by atoms with Gasteiger partial charge in [0.15, 0.2) is 23.2 Å². The van der Waals surface area contributed by atoms with Crippen molar-refractivity contribution in [2.75, 3.05) is 31.1 Å². The van der Waals surface area contributed by atoms with Crippen molar-refractivity contribution >= 4 is 51.5 Å². The quantitative estimate of drug-likeness (QED) is 0.209. The van der Waals surface area contributed by atoms with Gasteiger partial charge in [0.05, 0.1) is 33.7 Å². The molecule has 2 aliphatic rings. The molecule has 2 aromatic heterocycles. The van der Waals surface area contributed by atoms with E-state index < -0.39 is 51.1 Å². The second kappa shape index (κ2) is 12.1. The van der Waals surface area contributed by atoms with Crippen molar-refractivity contribution in [1.82, 2.24) is 19.8 Å². The summed E-state index contributed by atoms with van der Waals surface area (Å²) in [6.07, 6.45) is 4.65. The average molecular weight is 659 g/mol. The summed E-state index contributed by atoms with van der Waals surface area (Å²) in [5.74, 6) is -6.74. The van der Waals surface area contributed by atoms with Gasteiger partial charge in [-0.15, -0.1) is 0 Å². The molecule has 2 N–H and O–H groups in total. The van der Waals surface area contributed by atoms with Gasteiger partial charge in [-0.05, 0) is 42.8 Å². The Hall–Kier alpha value is -4.47. The molecule has 1 aromatic carbocycles. The van der Waals surface area contributed by atoms with Gasteiger partial charge in [0.25, 0.3) is 5.56 Å². The van der Waals surface area contributed by atoms with Crippen LogP contribution in [0.3, 0.4) is 0 Å². The minimum absolute atomic E-state index is 0.0738. The third kappa shape index (κ3) is 5.19. The van der Waals surface area contributed by atoms with Crippen molar-refractivity contribution < 1.29 is 23.1 Å². The van der Waals surface area contributed by atoms with Crippen molar-refractivity contribution in [3.8, 4) is 23.1 Å². The number of amides is 1. The summed E-state index contributed by atoms with van der Waals surface area (Å²) < 4.78 is 45.8. The fourth-order valence-corrected chi connectivity index (χ4v) is 6.14. The van der Waals surface area contributed by atoms with Crippen LogP contribution in [0.5, 0.6) is 5.75 Å². The number of piperazine rings is 1. The molecule has 3 aromatic rings. The molecular weight excluding hydrogens is 632 g/mol. The van der Waals surface area contributed by atoms with Gasteiger partial charge >= 0.3 is 0 Å². The molecule has 4 heterocycles. The van der Waals surface area contributed by atoms with Crippen LogP contribution in [0.25, 0.3) is 28.0 Å². The summed E-state index contributed by atoms with van der Waals surface area (Å²) in [7, 11) is 0. The molecular formula is C31H27Cl2F3N6O3. The molecule has 0 spiro atoms. The van der Waals surface area contributed by atoms with Crippen LogP contribution in [-0.4, -0.2) is 57.7 Å². The van der Waals surface area contributed by atoms with Gasteiger partial charge in [-0.3, -0.25) is 14.2 Å². The molecule has 0 unspecified atom stereocenters. The number of phenolic OH excluding ortho intramolecular Hbond substituents is 1. The van der Waals surface area contributed by atoms with Gasteiger partial charge in [-0.1, -0.05) is 43.6 Å². The van der Waals surface area contributed by atoms with E-state index >= 15 is 4.39 Å². The first-order valence-electron chi connectivity index (χ1n) is 13.9. The molecule has 234 valence electrons. The molecule has 1 saturated heterocycles. The standard InChI is InChI=1S/C31H27Cl2F3N6O3/c1-5-19(43)40-8-10-41(11-9-40)28-16-12-18(32)26(20-22(34)23(35)21(33)24(36)29(20)44)39-30(16)42(31(45)17(28)13-37)27-15(4)6-7-38-25(27)14(2)3/h5-7,12,14,25,38,44H,1,8-11H2,2-4H3/t25-/m1/s1. The highest BCUT2D eigenvalue weighted by Crippen LogP contribution is 2.44. The first kappa shape index (κ1) is 31.9. The molecule has 1 fully saturated rings. The highest BCUT2D eigenvalue weighted by molar-refractivity contribution is 6.34. The predicted octanol–water partition coefficient (Wildman–Crippen LogP) is 5.57. The molecule has 2 aliphatic heterocycles. The van der Waals surface area contributed by atoms with Crippen molar-refractivity contribution in [3.05, 3.63) is 80.0 Å². The zero-order valence-electron chi connectivity index (χ0n) is 24.4. The normalized spacial score (nSPS) is 16.8. The molecule has 45 heavy (non-hydrogen) atoms. The van der Waals surface area contributed by atoms with Gasteiger partial charge in [-0.25, -0.2) is 18.2 Å². The van der Waals surface area contributed by atoms with E-state index in [1.54, 1.807) is 29.0 Å². The van der Waals surface area contributed by atoms with E-state index in [0.29, 0.717) is 11.3 Å². The average Bonchev–Trinajstić information content (AvgIpc) is 3.02. The number of nitriles is 1. The number of anilines is 1. The molecule has 0 aliphatic carbocycles. The number of pyridine rings is 2. The van der Waals surface area contributed by atoms with Crippen LogP contribution in [0, 0.1) is 34.7 Å². The smallest absolute Gasteiger partial charge is 0.276 e. The van der Waals surface area contributed by atoms with Crippen LogP contribution in [-0.2, 0) is 4.79 Å². The Bertz CT molecular complexity index is 1910. The number of carbonyl (C=O) groups is 1. The monoisotopic (exact) mass is 658 g/mol. The highest BCUT2D eigenvalue weighted by Gasteiger charge is 2.33. The van der Waals surface area contributed by atoms with E-state index in [1.165, 1.54) is 16.7 Å². The number of halogens is 5. The molecule has 1 atom stereocenters. The lowest BCUT2D eigenvalue weighted by Crippen LogP contribution is -2.49. The molecule has 9 nitrogen and oxygen atoms in total. The van der Waals surface area contributed by atoms with Gasteiger partial charge in [0.2, 0.25) is 5.91 Å². The highest BCUT2D eigenvalue weighted by atomic mass is 35.5.